The van der Waals surface area contributed by atoms with E-state index < -0.39 is 0 Å². The zero-order valence-electron chi connectivity index (χ0n) is 22.2. The van der Waals surface area contributed by atoms with Gasteiger partial charge in [-0.15, -0.1) is 0 Å². The Balaban J connectivity index is 1.11. The molecular formula is C36H24BN4. The highest BCUT2D eigenvalue weighted by Gasteiger charge is 2.31. The molecule has 0 saturated heterocycles. The first-order chi connectivity index (χ1) is 20.3. The van der Waals surface area contributed by atoms with E-state index in [1.807, 2.05) is 12.4 Å². The minimum atomic E-state index is 0.858. The van der Waals surface area contributed by atoms with Crippen LogP contribution in [0.3, 0.4) is 0 Å². The molecule has 0 atom stereocenters. The van der Waals surface area contributed by atoms with Crippen LogP contribution >= 0.6 is 0 Å². The van der Waals surface area contributed by atoms with Crippen LogP contribution in [0, 0.1) is 0 Å². The summed E-state index contributed by atoms with van der Waals surface area (Å²) in [5.74, 6) is 1.72. The van der Waals surface area contributed by atoms with Crippen LogP contribution in [-0.2, 0) is 0 Å². The third kappa shape index (κ3) is 4.02. The SMILES string of the molecule is [B]1N(c2ccc(-c3cccc4ccccc34)cn2)c2ccccc2N1c1ccc(-c2cccc3ccccc23)cn1. The topological polar surface area (TPSA) is 32.3 Å². The van der Waals surface area contributed by atoms with Gasteiger partial charge in [0, 0.05) is 23.5 Å². The zero-order chi connectivity index (χ0) is 27.2. The summed E-state index contributed by atoms with van der Waals surface area (Å²) in [6, 6.07) is 46.6. The number of hydrogen-bond donors (Lipinski definition) is 0. The summed E-state index contributed by atoms with van der Waals surface area (Å²) in [5, 5.41) is 4.91. The van der Waals surface area contributed by atoms with E-state index in [2.05, 4.69) is 151 Å². The molecule has 0 spiro atoms. The molecule has 5 heteroatoms. The number of nitrogens with zero attached hydrogens (tertiary/aromatic N) is 4. The van der Waals surface area contributed by atoms with E-state index in [1.54, 1.807) is 0 Å². The highest BCUT2D eigenvalue weighted by atomic mass is 15.3. The van der Waals surface area contributed by atoms with Gasteiger partial charge in [-0.3, -0.25) is 0 Å². The maximum atomic E-state index is 4.90. The van der Waals surface area contributed by atoms with Gasteiger partial charge in [0.25, 0.3) is 0 Å². The first-order valence-corrected chi connectivity index (χ1v) is 13.7. The molecule has 1 aliphatic heterocycles. The molecule has 0 amide bonds. The van der Waals surface area contributed by atoms with Crippen molar-refractivity contribution in [1.29, 1.82) is 0 Å². The summed E-state index contributed by atoms with van der Waals surface area (Å²) in [4.78, 5) is 14.1. The third-order valence-electron chi connectivity index (χ3n) is 7.82. The molecule has 0 saturated carbocycles. The van der Waals surface area contributed by atoms with Gasteiger partial charge >= 0.3 is 7.55 Å². The smallest absolute Gasteiger partial charge is 0.351 e. The summed E-state index contributed by atoms with van der Waals surface area (Å²) in [6.07, 6.45) is 3.93. The maximum Gasteiger partial charge on any atom is 0.403 e. The molecule has 1 radical (unpaired) electrons. The van der Waals surface area contributed by atoms with Gasteiger partial charge in [0.2, 0.25) is 0 Å². The monoisotopic (exact) mass is 523 g/mol. The second-order valence-electron chi connectivity index (χ2n) is 10.2. The summed E-state index contributed by atoms with van der Waals surface area (Å²) in [6.45, 7) is 0. The predicted octanol–water partition coefficient (Wildman–Crippen LogP) is 8.94. The van der Waals surface area contributed by atoms with Crippen LogP contribution in [0.1, 0.15) is 0 Å². The van der Waals surface area contributed by atoms with Crippen molar-refractivity contribution < 1.29 is 0 Å². The highest BCUT2D eigenvalue weighted by Crippen LogP contribution is 2.42. The number of para-hydroxylation sites is 2. The second-order valence-corrected chi connectivity index (χ2v) is 10.2. The molecular weight excluding hydrogens is 499 g/mol. The molecule has 0 bridgehead atoms. The van der Waals surface area contributed by atoms with Crippen molar-refractivity contribution in [3.8, 4) is 22.3 Å². The Bertz CT molecular complexity index is 1880. The maximum absolute atomic E-state index is 4.90. The van der Waals surface area contributed by atoms with Gasteiger partial charge in [-0.1, -0.05) is 97.1 Å². The van der Waals surface area contributed by atoms with Gasteiger partial charge in [-0.25, -0.2) is 9.97 Å². The van der Waals surface area contributed by atoms with E-state index in [-0.39, 0.29) is 0 Å². The first kappa shape index (κ1) is 23.5. The minimum Gasteiger partial charge on any atom is -0.351 e. The number of anilines is 4. The van der Waals surface area contributed by atoms with E-state index in [4.69, 9.17) is 9.97 Å². The van der Waals surface area contributed by atoms with E-state index in [1.165, 1.54) is 32.7 Å². The van der Waals surface area contributed by atoms with Gasteiger partial charge in [0.05, 0.1) is 11.4 Å². The van der Waals surface area contributed by atoms with E-state index in [9.17, 15) is 0 Å². The summed E-state index contributed by atoms with van der Waals surface area (Å²) in [7, 11) is 2.07. The molecule has 4 nitrogen and oxygen atoms in total. The minimum absolute atomic E-state index is 0.858. The fourth-order valence-corrected chi connectivity index (χ4v) is 5.81. The standard InChI is InChI=1S/C36H24BN4/c1-3-13-29-25(9-1)11-7-15-31(29)27-19-21-35(38-23-27)40-33-17-5-6-18-34(33)41(37-40)36-22-20-28(24-39-36)32-16-8-12-26-10-2-4-14-30(26)32/h1-24H. The third-order valence-corrected chi connectivity index (χ3v) is 7.82. The Hall–Kier alpha value is -5.42. The van der Waals surface area contributed by atoms with Crippen LogP contribution in [-0.4, -0.2) is 17.5 Å². The lowest BCUT2D eigenvalue weighted by molar-refractivity contribution is 1.24. The number of aromatic nitrogens is 2. The molecule has 41 heavy (non-hydrogen) atoms. The number of fused-ring (bicyclic) bond motifs is 3. The van der Waals surface area contributed by atoms with Crippen LogP contribution in [0.4, 0.5) is 23.0 Å². The van der Waals surface area contributed by atoms with Gasteiger partial charge in [-0.2, -0.15) is 0 Å². The van der Waals surface area contributed by atoms with Crippen molar-refractivity contribution in [1.82, 2.24) is 9.97 Å². The van der Waals surface area contributed by atoms with Crippen molar-refractivity contribution in [2.45, 2.75) is 0 Å². The largest absolute Gasteiger partial charge is 0.403 e. The first-order valence-electron chi connectivity index (χ1n) is 13.7. The van der Waals surface area contributed by atoms with Crippen LogP contribution in [0.2, 0.25) is 0 Å². The molecule has 191 valence electrons. The van der Waals surface area contributed by atoms with Crippen molar-refractivity contribution in [2.24, 2.45) is 0 Å². The zero-order valence-corrected chi connectivity index (χ0v) is 22.2. The highest BCUT2D eigenvalue weighted by molar-refractivity contribution is 6.55. The van der Waals surface area contributed by atoms with E-state index in [0.29, 0.717) is 0 Å². The average molecular weight is 523 g/mol. The van der Waals surface area contributed by atoms with Crippen molar-refractivity contribution in [3.63, 3.8) is 0 Å². The molecule has 2 aromatic heterocycles. The summed E-state index contributed by atoms with van der Waals surface area (Å²) < 4.78 is 0. The molecule has 0 N–H and O–H groups in total. The molecule has 7 aromatic rings. The van der Waals surface area contributed by atoms with E-state index in [0.717, 1.165) is 34.1 Å². The Morgan fingerprint density at radius 2 is 0.854 bits per heavy atom. The van der Waals surface area contributed by atoms with Crippen molar-refractivity contribution in [2.75, 3.05) is 9.62 Å². The molecule has 5 aromatic carbocycles. The summed E-state index contributed by atoms with van der Waals surface area (Å²) in [5.41, 5.74) is 6.70. The Morgan fingerprint density at radius 1 is 0.415 bits per heavy atom. The lowest BCUT2D eigenvalue weighted by atomic mass is 9.99. The summed E-state index contributed by atoms with van der Waals surface area (Å²) >= 11 is 0. The lowest BCUT2D eigenvalue weighted by Crippen LogP contribution is -2.29. The van der Waals surface area contributed by atoms with E-state index >= 15 is 0 Å². The fourth-order valence-electron chi connectivity index (χ4n) is 5.81. The van der Waals surface area contributed by atoms with Crippen LogP contribution in [0.5, 0.6) is 0 Å². The predicted molar refractivity (Wildman–Crippen MR) is 171 cm³/mol. The Kier molecular flexibility index (Phi) is 5.52. The number of pyridine rings is 2. The lowest BCUT2D eigenvalue weighted by Gasteiger charge is -2.19. The van der Waals surface area contributed by atoms with Crippen LogP contribution < -0.4 is 9.62 Å². The molecule has 0 fully saturated rings. The van der Waals surface area contributed by atoms with Crippen LogP contribution in [0.15, 0.2) is 146 Å². The second kappa shape index (κ2) is 9.65. The van der Waals surface area contributed by atoms with Crippen molar-refractivity contribution in [3.05, 3.63) is 146 Å². The molecule has 8 rings (SSSR count). The van der Waals surface area contributed by atoms with Crippen LogP contribution in [0.25, 0.3) is 43.8 Å². The van der Waals surface area contributed by atoms with Gasteiger partial charge in [-0.05, 0) is 69.1 Å². The quantitative estimate of drug-likeness (QED) is 0.216. The number of hydrogen-bond acceptors (Lipinski definition) is 4. The molecule has 0 aliphatic carbocycles. The average Bonchev–Trinajstić information content (AvgIpc) is 3.44. The number of benzene rings is 5. The number of rotatable bonds is 4. The van der Waals surface area contributed by atoms with Gasteiger partial charge < -0.3 is 9.62 Å². The molecule has 3 heterocycles. The fraction of sp³-hybridized carbons (Fsp3) is 0. The Labute approximate surface area is 239 Å². The molecule has 0 unspecified atom stereocenters. The van der Waals surface area contributed by atoms with Gasteiger partial charge in [0.15, 0.2) is 0 Å². The molecule has 1 aliphatic rings. The van der Waals surface area contributed by atoms with Gasteiger partial charge in [0.1, 0.15) is 11.6 Å². The van der Waals surface area contributed by atoms with Crippen molar-refractivity contribution >= 4 is 52.1 Å². The Morgan fingerprint density at radius 3 is 1.32 bits per heavy atom. The normalized spacial score (nSPS) is 12.5.